The quantitative estimate of drug-likeness (QED) is 0.345. The molecule has 4 aliphatic rings. The average Bonchev–Trinajstić information content (AvgIpc) is 3.62. The van der Waals surface area contributed by atoms with Crippen LogP contribution in [0.2, 0.25) is 0 Å². The standard InChI is InChI=1S/C31H40N4O3.C5H7NO3/c1-31(2)25-12-6-7-13-27(25)35(30(31)38)24-16-19-34(20-17-24)29(37)26(15-14-22-9-4-3-5-10-22)33-28(36)23-11-8-18-32-21-23;7-4-2-1-3(6-4)5(8)9/h3-7,9-10,12-13,23-24,26,32H,8,11,14-21H2,1-2H3,(H,33,36);3H,1-2H2,(H,6,7)(H,8,9)/t23-,26+;3-/m10/s1. The Morgan fingerprint density at radius 1 is 0.979 bits per heavy atom. The highest BCUT2D eigenvalue weighted by molar-refractivity contribution is 6.08. The van der Waals surface area contributed by atoms with E-state index in [0.29, 0.717) is 38.9 Å². The summed E-state index contributed by atoms with van der Waals surface area (Å²) in [5.74, 6) is -1.10. The highest BCUT2D eigenvalue weighted by atomic mass is 16.4. The van der Waals surface area contributed by atoms with Gasteiger partial charge in [-0.25, -0.2) is 4.79 Å². The lowest BCUT2D eigenvalue weighted by molar-refractivity contribution is -0.140. The number of para-hydroxylation sites is 1. The summed E-state index contributed by atoms with van der Waals surface area (Å²) in [6.45, 7) is 6.76. The summed E-state index contributed by atoms with van der Waals surface area (Å²) in [7, 11) is 0. The van der Waals surface area contributed by atoms with Gasteiger partial charge in [-0.2, -0.15) is 0 Å². The van der Waals surface area contributed by atoms with Crippen LogP contribution in [0, 0.1) is 5.92 Å². The van der Waals surface area contributed by atoms with E-state index < -0.39 is 23.5 Å². The smallest absolute Gasteiger partial charge is 0.326 e. The number of nitrogens with one attached hydrogen (secondary N) is 3. The second-order valence-electron chi connectivity index (χ2n) is 13.5. The molecule has 3 atom stereocenters. The van der Waals surface area contributed by atoms with E-state index in [0.717, 1.165) is 55.5 Å². The third-order valence-electron chi connectivity index (χ3n) is 9.87. The van der Waals surface area contributed by atoms with E-state index in [-0.39, 0.29) is 35.6 Å². The maximum atomic E-state index is 13.7. The number of piperidine rings is 2. The molecule has 47 heavy (non-hydrogen) atoms. The number of rotatable bonds is 8. The number of benzene rings is 2. The highest BCUT2D eigenvalue weighted by Crippen LogP contribution is 2.43. The van der Waals surface area contributed by atoms with Gasteiger partial charge in [0.05, 0.1) is 11.3 Å². The molecule has 0 saturated carbocycles. The fourth-order valence-electron chi connectivity index (χ4n) is 7.04. The lowest BCUT2D eigenvalue weighted by atomic mass is 9.86. The van der Waals surface area contributed by atoms with Gasteiger partial charge in [-0.15, -0.1) is 0 Å². The SMILES string of the molecule is CC1(C)C(=O)N(C2CCN(C(=O)[C@H](CCc3ccccc3)NC(=O)[C@@H]3CCCNC3)CC2)c2ccccc21.O=C1CC[C@@H](C(=O)O)N1. The third-order valence-corrected chi connectivity index (χ3v) is 9.87. The van der Waals surface area contributed by atoms with Crippen LogP contribution in [0.15, 0.2) is 54.6 Å². The number of aryl methyl sites for hydroxylation is 1. The molecule has 0 bridgehead atoms. The first kappa shape index (κ1) is 34.1. The number of hydrogen-bond acceptors (Lipinski definition) is 6. The zero-order valence-corrected chi connectivity index (χ0v) is 27.4. The van der Waals surface area contributed by atoms with Crippen LogP contribution in [0.3, 0.4) is 0 Å². The van der Waals surface area contributed by atoms with Crippen molar-refractivity contribution >= 4 is 35.3 Å². The predicted molar refractivity (Wildman–Crippen MR) is 178 cm³/mol. The maximum absolute atomic E-state index is 13.7. The minimum atomic E-state index is -0.944. The molecule has 6 rings (SSSR count). The molecular formula is C36H47N5O6. The van der Waals surface area contributed by atoms with Gasteiger partial charge in [0.25, 0.3) is 0 Å². The zero-order chi connectivity index (χ0) is 33.6. The average molecular weight is 646 g/mol. The Labute approximate surface area is 276 Å². The monoisotopic (exact) mass is 645 g/mol. The van der Waals surface area contributed by atoms with Crippen LogP contribution in [-0.2, 0) is 35.8 Å². The van der Waals surface area contributed by atoms with E-state index in [1.54, 1.807) is 0 Å². The molecule has 0 spiro atoms. The molecule has 4 N–H and O–H groups in total. The number of carbonyl (C=O) groups is 5. The zero-order valence-electron chi connectivity index (χ0n) is 27.4. The van der Waals surface area contributed by atoms with Gasteiger partial charge in [-0.3, -0.25) is 19.2 Å². The van der Waals surface area contributed by atoms with Crippen LogP contribution in [0.5, 0.6) is 0 Å². The molecule has 2 aromatic carbocycles. The van der Waals surface area contributed by atoms with E-state index in [1.807, 2.05) is 66.1 Å². The number of carboxylic acids is 1. The molecule has 11 heteroatoms. The first-order valence-corrected chi connectivity index (χ1v) is 16.9. The summed E-state index contributed by atoms with van der Waals surface area (Å²) in [5, 5.41) is 17.0. The summed E-state index contributed by atoms with van der Waals surface area (Å²) in [5.41, 5.74) is 2.70. The summed E-state index contributed by atoms with van der Waals surface area (Å²) >= 11 is 0. The fourth-order valence-corrected chi connectivity index (χ4v) is 7.04. The third kappa shape index (κ3) is 8.01. The van der Waals surface area contributed by atoms with Crippen LogP contribution in [0.1, 0.15) is 69.9 Å². The van der Waals surface area contributed by atoms with Crippen LogP contribution >= 0.6 is 0 Å². The van der Waals surface area contributed by atoms with Crippen molar-refractivity contribution in [1.82, 2.24) is 20.9 Å². The Hall–Kier alpha value is -4.25. The van der Waals surface area contributed by atoms with Gasteiger partial charge in [-0.1, -0.05) is 48.5 Å². The van der Waals surface area contributed by atoms with E-state index in [4.69, 9.17) is 5.11 Å². The van der Waals surface area contributed by atoms with Crippen molar-refractivity contribution in [3.8, 4) is 0 Å². The van der Waals surface area contributed by atoms with Crippen molar-refractivity contribution in [2.75, 3.05) is 31.1 Å². The first-order chi connectivity index (χ1) is 22.6. The molecule has 2 aromatic rings. The molecule has 0 unspecified atom stereocenters. The molecule has 3 fully saturated rings. The molecule has 252 valence electrons. The number of fused-ring (bicyclic) bond motifs is 1. The molecule has 4 aliphatic heterocycles. The Bertz CT molecular complexity index is 1450. The largest absolute Gasteiger partial charge is 0.480 e. The minimum absolute atomic E-state index is 0.00928. The number of likely N-dealkylation sites (tertiary alicyclic amines) is 1. The van der Waals surface area contributed by atoms with Gasteiger partial charge in [0, 0.05) is 37.8 Å². The van der Waals surface area contributed by atoms with Gasteiger partial charge in [0.15, 0.2) is 0 Å². The minimum Gasteiger partial charge on any atom is -0.480 e. The molecule has 3 saturated heterocycles. The van der Waals surface area contributed by atoms with Crippen molar-refractivity contribution < 1.29 is 29.1 Å². The molecule has 4 heterocycles. The second-order valence-corrected chi connectivity index (χ2v) is 13.5. The van der Waals surface area contributed by atoms with Gasteiger partial charge < -0.3 is 30.9 Å². The van der Waals surface area contributed by atoms with Crippen molar-refractivity contribution in [3.63, 3.8) is 0 Å². The Morgan fingerprint density at radius 3 is 2.30 bits per heavy atom. The van der Waals surface area contributed by atoms with Crippen LogP contribution in [-0.4, -0.2) is 83.9 Å². The Kier molecular flexibility index (Phi) is 11.0. The lowest BCUT2D eigenvalue weighted by Crippen LogP contribution is -2.55. The molecule has 0 aromatic heterocycles. The van der Waals surface area contributed by atoms with E-state index in [1.165, 1.54) is 0 Å². The van der Waals surface area contributed by atoms with Crippen molar-refractivity contribution in [2.24, 2.45) is 5.92 Å². The van der Waals surface area contributed by atoms with Crippen LogP contribution in [0.25, 0.3) is 0 Å². The number of anilines is 1. The van der Waals surface area contributed by atoms with Gasteiger partial charge >= 0.3 is 5.97 Å². The Balaban J connectivity index is 0.000000417. The molecule has 4 amide bonds. The first-order valence-electron chi connectivity index (χ1n) is 16.9. The number of carbonyl (C=O) groups excluding carboxylic acids is 4. The van der Waals surface area contributed by atoms with Crippen molar-refractivity contribution in [1.29, 1.82) is 0 Å². The molecule has 0 radical (unpaired) electrons. The number of aliphatic carboxylic acids is 1. The predicted octanol–water partition coefficient (Wildman–Crippen LogP) is 2.77. The van der Waals surface area contributed by atoms with Gasteiger partial charge in [-0.05, 0) is 82.5 Å². The number of amides is 4. The molecule has 11 nitrogen and oxygen atoms in total. The van der Waals surface area contributed by atoms with Crippen LogP contribution < -0.4 is 20.9 Å². The number of nitrogens with zero attached hydrogens (tertiary/aromatic N) is 2. The summed E-state index contributed by atoms with van der Waals surface area (Å²) in [6, 6.07) is 17.1. The normalized spacial score (nSPS) is 22.9. The molecular weight excluding hydrogens is 598 g/mol. The van der Waals surface area contributed by atoms with E-state index in [2.05, 4.69) is 28.1 Å². The highest BCUT2D eigenvalue weighted by Gasteiger charge is 2.47. The summed E-state index contributed by atoms with van der Waals surface area (Å²) < 4.78 is 0. The lowest BCUT2D eigenvalue weighted by Gasteiger charge is -2.39. The van der Waals surface area contributed by atoms with Crippen LogP contribution in [0.4, 0.5) is 5.69 Å². The van der Waals surface area contributed by atoms with Gasteiger partial charge in [0.2, 0.25) is 23.6 Å². The maximum Gasteiger partial charge on any atom is 0.326 e. The number of hydrogen-bond donors (Lipinski definition) is 4. The topological polar surface area (TPSA) is 148 Å². The van der Waals surface area contributed by atoms with Crippen molar-refractivity contribution in [2.45, 2.75) is 88.8 Å². The molecule has 0 aliphatic carbocycles. The number of carboxylic acid groups (broad SMARTS) is 1. The van der Waals surface area contributed by atoms with Crippen molar-refractivity contribution in [3.05, 3.63) is 65.7 Å². The summed E-state index contributed by atoms with van der Waals surface area (Å²) in [4.78, 5) is 64.6. The van der Waals surface area contributed by atoms with E-state index >= 15 is 0 Å². The second kappa shape index (κ2) is 15.1. The van der Waals surface area contributed by atoms with Gasteiger partial charge in [0.1, 0.15) is 12.1 Å². The Morgan fingerprint density at radius 2 is 1.68 bits per heavy atom. The summed E-state index contributed by atoms with van der Waals surface area (Å²) in [6.07, 6.45) is 5.35. The van der Waals surface area contributed by atoms with E-state index in [9.17, 15) is 24.0 Å². The fraction of sp³-hybridized carbons (Fsp3) is 0.528.